The van der Waals surface area contributed by atoms with E-state index in [0.29, 0.717) is 18.4 Å². The van der Waals surface area contributed by atoms with E-state index in [9.17, 15) is 9.50 Å². The average Bonchev–Trinajstić information content (AvgIpc) is 3.43. The topological polar surface area (TPSA) is 72.0 Å². The summed E-state index contributed by atoms with van der Waals surface area (Å²) in [6.07, 6.45) is 8.05. The van der Waals surface area contributed by atoms with Gasteiger partial charge in [0.05, 0.1) is 17.8 Å². The van der Waals surface area contributed by atoms with E-state index in [1.165, 1.54) is 12.4 Å². The summed E-state index contributed by atoms with van der Waals surface area (Å²) in [4.78, 5) is 6.39. The summed E-state index contributed by atoms with van der Waals surface area (Å²) >= 11 is 0. The number of halogens is 1. The Morgan fingerprint density at radius 2 is 2.00 bits per heavy atom. The third-order valence-corrected chi connectivity index (χ3v) is 6.15. The van der Waals surface area contributed by atoms with E-state index in [1.54, 1.807) is 34.0 Å². The van der Waals surface area contributed by atoms with Crippen molar-refractivity contribution in [3.05, 3.63) is 60.7 Å². The molecule has 0 bridgehead atoms. The number of aliphatic hydroxyl groups excluding tert-OH is 1. The lowest BCUT2D eigenvalue weighted by atomic mass is 9.77. The normalized spacial score (nSPS) is 27.8. The van der Waals surface area contributed by atoms with Crippen LogP contribution in [-0.4, -0.2) is 53.7 Å². The van der Waals surface area contributed by atoms with Crippen LogP contribution in [0, 0.1) is 17.7 Å². The fraction of sp³-hybridized carbons (Fsp3) is 0.450. The van der Waals surface area contributed by atoms with Crippen molar-refractivity contribution in [3.8, 4) is 5.69 Å². The Kier molecular flexibility index (Phi) is 4.44. The Hall–Kier alpha value is -2.58. The highest BCUT2D eigenvalue weighted by atomic mass is 19.1. The summed E-state index contributed by atoms with van der Waals surface area (Å²) in [5.74, 6) is 0.722. The molecular formula is C20H23FN6O. The summed E-state index contributed by atoms with van der Waals surface area (Å²) in [5, 5.41) is 19.1. The van der Waals surface area contributed by atoms with Gasteiger partial charge < -0.3 is 5.11 Å². The first-order valence-electron chi connectivity index (χ1n) is 9.70. The monoisotopic (exact) mass is 382 g/mol. The summed E-state index contributed by atoms with van der Waals surface area (Å²) in [6.45, 7) is 2.53. The third-order valence-electron chi connectivity index (χ3n) is 6.15. The number of nitrogens with zero attached hydrogens (tertiary/aromatic N) is 6. The Balaban J connectivity index is 1.33. The van der Waals surface area contributed by atoms with Gasteiger partial charge in [-0.1, -0.05) is 0 Å². The number of aliphatic hydroxyl groups is 1. The van der Waals surface area contributed by atoms with E-state index in [1.807, 2.05) is 12.3 Å². The molecule has 1 aliphatic carbocycles. The fourth-order valence-corrected chi connectivity index (χ4v) is 4.86. The lowest BCUT2D eigenvalue weighted by Gasteiger charge is -2.35. The van der Waals surface area contributed by atoms with Gasteiger partial charge >= 0.3 is 0 Å². The number of likely N-dealkylation sites (tertiary alicyclic amines) is 1. The van der Waals surface area contributed by atoms with E-state index >= 15 is 0 Å². The second-order valence-electron chi connectivity index (χ2n) is 7.92. The maximum absolute atomic E-state index is 13.9. The molecule has 1 aromatic carbocycles. The number of hydrogen-bond donors (Lipinski definition) is 1. The molecular weight excluding hydrogens is 359 g/mol. The zero-order chi connectivity index (χ0) is 19.1. The minimum atomic E-state index is -0.406. The lowest BCUT2D eigenvalue weighted by molar-refractivity contribution is 0.0304. The van der Waals surface area contributed by atoms with E-state index < -0.39 is 6.10 Å². The molecule has 2 aromatic heterocycles. The van der Waals surface area contributed by atoms with Gasteiger partial charge in [-0.15, -0.1) is 0 Å². The molecule has 1 N–H and O–H groups in total. The van der Waals surface area contributed by atoms with Crippen LogP contribution in [0.4, 0.5) is 4.39 Å². The molecule has 3 heterocycles. The van der Waals surface area contributed by atoms with Crippen LogP contribution in [-0.2, 0) is 6.54 Å². The van der Waals surface area contributed by atoms with Crippen LogP contribution in [0.15, 0.2) is 49.3 Å². The van der Waals surface area contributed by atoms with Gasteiger partial charge in [0, 0.05) is 32.0 Å². The van der Waals surface area contributed by atoms with Gasteiger partial charge in [0.2, 0.25) is 0 Å². The van der Waals surface area contributed by atoms with Crippen LogP contribution in [0.25, 0.3) is 5.69 Å². The molecule has 0 unspecified atom stereocenters. The van der Waals surface area contributed by atoms with Crippen molar-refractivity contribution in [1.29, 1.82) is 0 Å². The van der Waals surface area contributed by atoms with Gasteiger partial charge in [-0.2, -0.15) is 10.2 Å². The van der Waals surface area contributed by atoms with Crippen molar-refractivity contribution in [2.45, 2.75) is 31.5 Å². The SMILES string of the molecule is O[C@@H]1C[C@H]2CN(Cc3cc(F)ccc3-n3cccn3)C[C@H]2C[C@H]1n1cncn1. The van der Waals surface area contributed by atoms with Crippen LogP contribution in [0.5, 0.6) is 0 Å². The highest BCUT2D eigenvalue weighted by Crippen LogP contribution is 2.41. The number of benzene rings is 1. The van der Waals surface area contributed by atoms with Crippen molar-refractivity contribution in [1.82, 2.24) is 29.4 Å². The Bertz CT molecular complexity index is 928. The van der Waals surface area contributed by atoms with Crippen molar-refractivity contribution in [3.63, 3.8) is 0 Å². The molecule has 146 valence electrons. The van der Waals surface area contributed by atoms with E-state index in [4.69, 9.17) is 0 Å². The molecule has 2 aliphatic rings. The molecule has 3 aromatic rings. The van der Waals surface area contributed by atoms with Crippen LogP contribution in [0.3, 0.4) is 0 Å². The molecule has 5 rings (SSSR count). The number of hydrogen-bond acceptors (Lipinski definition) is 5. The lowest BCUT2D eigenvalue weighted by Crippen LogP contribution is -2.36. The molecule has 1 aliphatic heterocycles. The van der Waals surface area contributed by atoms with Gasteiger partial charge in [-0.05, 0) is 54.5 Å². The molecule has 2 fully saturated rings. The molecule has 4 atom stereocenters. The predicted molar refractivity (Wildman–Crippen MR) is 100 cm³/mol. The second-order valence-corrected chi connectivity index (χ2v) is 7.92. The maximum Gasteiger partial charge on any atom is 0.137 e. The van der Waals surface area contributed by atoms with E-state index in [-0.39, 0.29) is 11.9 Å². The van der Waals surface area contributed by atoms with Crippen LogP contribution in [0.1, 0.15) is 24.4 Å². The highest BCUT2D eigenvalue weighted by molar-refractivity contribution is 5.40. The molecule has 1 saturated heterocycles. The average molecular weight is 382 g/mol. The number of aromatic nitrogens is 5. The Morgan fingerprint density at radius 1 is 1.14 bits per heavy atom. The van der Waals surface area contributed by atoms with Crippen molar-refractivity contribution in [2.24, 2.45) is 11.8 Å². The van der Waals surface area contributed by atoms with Gasteiger partial charge in [-0.25, -0.2) is 18.7 Å². The summed E-state index contributed by atoms with van der Waals surface area (Å²) in [7, 11) is 0. The largest absolute Gasteiger partial charge is 0.391 e. The summed E-state index contributed by atoms with van der Waals surface area (Å²) in [5.41, 5.74) is 1.83. The minimum absolute atomic E-state index is 0.0162. The van der Waals surface area contributed by atoms with Crippen molar-refractivity contribution < 1.29 is 9.50 Å². The number of rotatable bonds is 4. The van der Waals surface area contributed by atoms with Gasteiger partial charge in [0.25, 0.3) is 0 Å². The third kappa shape index (κ3) is 3.22. The summed E-state index contributed by atoms with van der Waals surface area (Å²) in [6, 6.07) is 6.71. The number of fused-ring (bicyclic) bond motifs is 1. The predicted octanol–water partition coefficient (Wildman–Crippen LogP) is 2.05. The minimum Gasteiger partial charge on any atom is -0.391 e. The standard InChI is InChI=1S/C20H23FN6O/c21-17-2-3-18(26-5-1-4-23-26)16(6-17)11-25-9-14-7-19(27-13-22-12-24-27)20(28)8-15(14)10-25/h1-6,12-15,19-20,28H,7-11H2/t14-,15+,19-,20-/m1/s1. The fourth-order valence-electron chi connectivity index (χ4n) is 4.86. The Labute approximate surface area is 162 Å². The molecule has 0 amide bonds. The van der Waals surface area contributed by atoms with E-state index in [2.05, 4.69) is 20.1 Å². The molecule has 28 heavy (non-hydrogen) atoms. The zero-order valence-corrected chi connectivity index (χ0v) is 15.5. The van der Waals surface area contributed by atoms with Gasteiger partial charge in [0.1, 0.15) is 18.5 Å². The molecule has 1 saturated carbocycles. The highest BCUT2D eigenvalue weighted by Gasteiger charge is 2.42. The van der Waals surface area contributed by atoms with Crippen LogP contribution < -0.4 is 0 Å². The zero-order valence-electron chi connectivity index (χ0n) is 15.5. The summed E-state index contributed by atoms with van der Waals surface area (Å²) < 4.78 is 17.5. The molecule has 8 heteroatoms. The van der Waals surface area contributed by atoms with Gasteiger partial charge in [-0.3, -0.25) is 4.90 Å². The van der Waals surface area contributed by atoms with E-state index in [0.717, 1.165) is 37.2 Å². The Morgan fingerprint density at radius 3 is 2.75 bits per heavy atom. The van der Waals surface area contributed by atoms with Gasteiger partial charge in [0.15, 0.2) is 0 Å². The molecule has 0 spiro atoms. The van der Waals surface area contributed by atoms with Crippen LogP contribution >= 0.6 is 0 Å². The smallest absolute Gasteiger partial charge is 0.137 e. The van der Waals surface area contributed by atoms with Crippen molar-refractivity contribution >= 4 is 0 Å². The molecule has 7 nitrogen and oxygen atoms in total. The maximum atomic E-state index is 13.9. The quantitative estimate of drug-likeness (QED) is 0.748. The van der Waals surface area contributed by atoms with Crippen LogP contribution in [0.2, 0.25) is 0 Å². The van der Waals surface area contributed by atoms with Crippen molar-refractivity contribution in [2.75, 3.05) is 13.1 Å². The second kappa shape index (κ2) is 7.10. The first-order chi connectivity index (χ1) is 13.7. The first kappa shape index (κ1) is 17.5. The first-order valence-corrected chi connectivity index (χ1v) is 9.70. The molecule has 0 radical (unpaired) electrons.